The van der Waals surface area contributed by atoms with Gasteiger partial charge in [-0.3, -0.25) is 4.90 Å². The number of nitrogens with one attached hydrogen (secondary N) is 1. The van der Waals surface area contributed by atoms with E-state index in [0.29, 0.717) is 6.04 Å². The zero-order valence-electron chi connectivity index (χ0n) is 11.8. The van der Waals surface area contributed by atoms with E-state index in [0.717, 1.165) is 32.2 Å². The summed E-state index contributed by atoms with van der Waals surface area (Å²) in [6, 6.07) is 9.32. The highest BCUT2D eigenvalue weighted by Gasteiger charge is 2.26. The molecule has 1 N–H and O–H groups in total. The van der Waals surface area contributed by atoms with Crippen LogP contribution in [0.5, 0.6) is 0 Å². The van der Waals surface area contributed by atoms with Gasteiger partial charge in [-0.2, -0.15) is 0 Å². The van der Waals surface area contributed by atoms with Crippen molar-refractivity contribution in [1.29, 1.82) is 0 Å². The minimum atomic E-state index is 0.617. The fourth-order valence-electron chi connectivity index (χ4n) is 3.27. The largest absolute Gasteiger partial charge is 0.384 e. The first-order chi connectivity index (χ1) is 9.36. The smallest absolute Gasteiger partial charge is 0.0622 e. The van der Waals surface area contributed by atoms with Crippen molar-refractivity contribution < 1.29 is 4.74 Å². The molecule has 19 heavy (non-hydrogen) atoms. The summed E-state index contributed by atoms with van der Waals surface area (Å²) >= 11 is 0. The lowest BCUT2D eigenvalue weighted by molar-refractivity contribution is -0.0148. The number of nitrogens with zero attached hydrogens (tertiary/aromatic N) is 1. The molecule has 2 atom stereocenters. The zero-order valence-corrected chi connectivity index (χ0v) is 11.8. The monoisotopic (exact) mass is 260 g/mol. The van der Waals surface area contributed by atoms with Gasteiger partial charge in [-0.05, 0) is 30.4 Å². The molecule has 0 spiro atoms. The summed E-state index contributed by atoms with van der Waals surface area (Å²) in [7, 11) is 0. The summed E-state index contributed by atoms with van der Waals surface area (Å²) in [5.74, 6) is 0.724. The van der Waals surface area contributed by atoms with Crippen LogP contribution in [0.3, 0.4) is 0 Å². The van der Waals surface area contributed by atoms with E-state index in [-0.39, 0.29) is 0 Å². The van der Waals surface area contributed by atoms with Crippen molar-refractivity contribution >= 4 is 5.69 Å². The fraction of sp³-hybridized carbons (Fsp3) is 0.625. The van der Waals surface area contributed by atoms with Gasteiger partial charge in [-0.1, -0.05) is 25.1 Å². The summed E-state index contributed by atoms with van der Waals surface area (Å²) in [6.07, 6.45) is 2.40. The Kier molecular flexibility index (Phi) is 4.04. The second-order valence-electron chi connectivity index (χ2n) is 5.74. The van der Waals surface area contributed by atoms with Crippen LogP contribution in [0.1, 0.15) is 18.9 Å². The van der Waals surface area contributed by atoms with E-state index in [4.69, 9.17) is 4.74 Å². The molecule has 2 unspecified atom stereocenters. The zero-order chi connectivity index (χ0) is 13.1. The standard InChI is InChI=1S/C16H24N2O/c1-2-15-12-19-8-7-18(15)11-13-9-14-5-3-4-6-16(14)17-10-13/h3-6,13,15,17H,2,7-12H2,1H3. The Labute approximate surface area is 115 Å². The molecule has 1 fully saturated rings. The third-order valence-electron chi connectivity index (χ3n) is 4.42. The molecule has 0 saturated carbocycles. The topological polar surface area (TPSA) is 24.5 Å². The molecule has 1 saturated heterocycles. The molecule has 2 aliphatic rings. The van der Waals surface area contributed by atoms with E-state index in [9.17, 15) is 0 Å². The van der Waals surface area contributed by atoms with Crippen molar-refractivity contribution in [1.82, 2.24) is 4.90 Å². The minimum Gasteiger partial charge on any atom is -0.384 e. The van der Waals surface area contributed by atoms with Gasteiger partial charge >= 0.3 is 0 Å². The Hall–Kier alpha value is -1.06. The molecule has 3 nitrogen and oxygen atoms in total. The van der Waals surface area contributed by atoms with Gasteiger partial charge in [0, 0.05) is 31.4 Å². The second-order valence-corrected chi connectivity index (χ2v) is 5.74. The van der Waals surface area contributed by atoms with E-state index in [2.05, 4.69) is 41.4 Å². The van der Waals surface area contributed by atoms with Crippen molar-refractivity contribution in [2.24, 2.45) is 5.92 Å². The third kappa shape index (κ3) is 2.93. The van der Waals surface area contributed by atoms with Gasteiger partial charge in [0.25, 0.3) is 0 Å². The minimum absolute atomic E-state index is 0.617. The van der Waals surface area contributed by atoms with Crippen molar-refractivity contribution in [3.05, 3.63) is 29.8 Å². The molecule has 0 aromatic heterocycles. The second kappa shape index (κ2) is 5.93. The molecule has 0 aliphatic carbocycles. The van der Waals surface area contributed by atoms with Gasteiger partial charge in [-0.25, -0.2) is 0 Å². The van der Waals surface area contributed by atoms with Crippen molar-refractivity contribution in [2.75, 3.05) is 38.2 Å². The Balaban J connectivity index is 1.62. The van der Waals surface area contributed by atoms with Crippen molar-refractivity contribution in [3.8, 4) is 0 Å². The lowest BCUT2D eigenvalue weighted by atomic mass is 9.93. The highest BCUT2D eigenvalue weighted by Crippen LogP contribution is 2.25. The number of morpholine rings is 1. The normalized spacial score (nSPS) is 27.6. The van der Waals surface area contributed by atoms with E-state index < -0.39 is 0 Å². The average molecular weight is 260 g/mol. The number of para-hydroxylation sites is 1. The van der Waals surface area contributed by atoms with E-state index in [1.807, 2.05) is 0 Å². The third-order valence-corrected chi connectivity index (χ3v) is 4.42. The van der Waals surface area contributed by atoms with Crippen LogP contribution in [0.4, 0.5) is 5.69 Å². The predicted molar refractivity (Wildman–Crippen MR) is 78.6 cm³/mol. The summed E-state index contributed by atoms with van der Waals surface area (Å²) in [6.45, 7) is 7.46. The van der Waals surface area contributed by atoms with Gasteiger partial charge in [-0.15, -0.1) is 0 Å². The molecule has 3 heteroatoms. The summed E-state index contributed by atoms with van der Waals surface area (Å²) in [5, 5.41) is 3.58. The maximum absolute atomic E-state index is 5.59. The maximum Gasteiger partial charge on any atom is 0.0622 e. The molecule has 2 heterocycles. The molecular weight excluding hydrogens is 236 g/mol. The fourth-order valence-corrected chi connectivity index (χ4v) is 3.27. The van der Waals surface area contributed by atoms with Crippen LogP contribution < -0.4 is 5.32 Å². The van der Waals surface area contributed by atoms with Crippen LogP contribution >= 0.6 is 0 Å². The van der Waals surface area contributed by atoms with Crippen LogP contribution in [0.15, 0.2) is 24.3 Å². The van der Waals surface area contributed by atoms with Gasteiger partial charge in [0.15, 0.2) is 0 Å². The van der Waals surface area contributed by atoms with E-state index in [1.54, 1.807) is 0 Å². The Morgan fingerprint density at radius 1 is 1.37 bits per heavy atom. The molecule has 2 aliphatic heterocycles. The number of rotatable bonds is 3. The molecule has 3 rings (SSSR count). The number of benzene rings is 1. The highest BCUT2D eigenvalue weighted by atomic mass is 16.5. The summed E-state index contributed by atoms with van der Waals surface area (Å²) in [5.41, 5.74) is 2.80. The summed E-state index contributed by atoms with van der Waals surface area (Å²) < 4.78 is 5.59. The van der Waals surface area contributed by atoms with Crippen LogP contribution in [0.25, 0.3) is 0 Å². The first kappa shape index (κ1) is 12.9. The molecule has 104 valence electrons. The van der Waals surface area contributed by atoms with Gasteiger partial charge in [0.2, 0.25) is 0 Å². The van der Waals surface area contributed by atoms with E-state index in [1.165, 1.54) is 30.6 Å². The Morgan fingerprint density at radius 2 is 2.26 bits per heavy atom. The first-order valence-corrected chi connectivity index (χ1v) is 7.50. The molecule has 1 aromatic carbocycles. The van der Waals surface area contributed by atoms with Gasteiger partial charge < -0.3 is 10.1 Å². The Bertz CT molecular complexity index is 421. The van der Waals surface area contributed by atoms with Crippen molar-refractivity contribution in [3.63, 3.8) is 0 Å². The van der Waals surface area contributed by atoms with Crippen LogP contribution in [0, 0.1) is 5.92 Å². The maximum atomic E-state index is 5.59. The first-order valence-electron chi connectivity index (χ1n) is 7.50. The van der Waals surface area contributed by atoms with Gasteiger partial charge in [0.1, 0.15) is 0 Å². The van der Waals surface area contributed by atoms with Crippen LogP contribution in [-0.4, -0.2) is 43.8 Å². The highest BCUT2D eigenvalue weighted by molar-refractivity contribution is 5.53. The summed E-state index contributed by atoms with van der Waals surface area (Å²) in [4.78, 5) is 2.63. The van der Waals surface area contributed by atoms with Gasteiger partial charge in [0.05, 0.1) is 13.2 Å². The SMILES string of the molecule is CCC1COCCN1CC1CNc2ccccc2C1. The predicted octanol–water partition coefficient (Wildman–Crippen LogP) is 2.38. The van der Waals surface area contributed by atoms with Crippen molar-refractivity contribution in [2.45, 2.75) is 25.8 Å². The average Bonchev–Trinajstić information content (AvgIpc) is 2.48. The molecule has 1 aromatic rings. The number of hydrogen-bond acceptors (Lipinski definition) is 3. The van der Waals surface area contributed by atoms with Crippen LogP contribution in [-0.2, 0) is 11.2 Å². The number of fused-ring (bicyclic) bond motifs is 1. The molecular formula is C16H24N2O. The van der Waals surface area contributed by atoms with E-state index >= 15 is 0 Å². The number of ether oxygens (including phenoxy) is 1. The Morgan fingerprint density at radius 3 is 3.16 bits per heavy atom. The molecule has 0 radical (unpaired) electrons. The van der Waals surface area contributed by atoms with Crippen LogP contribution in [0.2, 0.25) is 0 Å². The molecule has 0 bridgehead atoms. The number of hydrogen-bond donors (Lipinski definition) is 1. The lowest BCUT2D eigenvalue weighted by Gasteiger charge is -2.38. The quantitative estimate of drug-likeness (QED) is 0.903. The number of anilines is 1. The molecule has 0 amide bonds. The lowest BCUT2D eigenvalue weighted by Crippen LogP contribution is -2.48.